The SMILES string of the molecule is CCC1CN(CCOc2ccc(C(=O)c3c(-c4ccc(F)cc4)sc4cc(O)ccc34)cc2)C1. The van der Waals surface area contributed by atoms with Crippen LogP contribution < -0.4 is 4.74 Å². The fraction of sp³-hybridized carbons (Fsp3) is 0.250. The zero-order valence-corrected chi connectivity index (χ0v) is 19.8. The van der Waals surface area contributed by atoms with Crippen LogP contribution in [0.25, 0.3) is 20.5 Å². The van der Waals surface area contributed by atoms with Crippen LogP contribution in [0.15, 0.2) is 66.7 Å². The van der Waals surface area contributed by atoms with Crippen LogP contribution in [0.5, 0.6) is 11.5 Å². The van der Waals surface area contributed by atoms with Crippen molar-refractivity contribution in [2.24, 2.45) is 5.92 Å². The first kappa shape index (κ1) is 22.6. The molecule has 0 unspecified atom stereocenters. The number of ketones is 1. The van der Waals surface area contributed by atoms with Gasteiger partial charge in [-0.3, -0.25) is 9.69 Å². The highest BCUT2D eigenvalue weighted by molar-refractivity contribution is 7.22. The maximum absolute atomic E-state index is 13.6. The summed E-state index contributed by atoms with van der Waals surface area (Å²) in [6.07, 6.45) is 1.23. The van der Waals surface area contributed by atoms with Gasteiger partial charge < -0.3 is 9.84 Å². The molecule has 1 aliphatic heterocycles. The number of halogens is 1. The van der Waals surface area contributed by atoms with Crippen molar-refractivity contribution in [3.63, 3.8) is 0 Å². The average Bonchev–Trinajstić information content (AvgIpc) is 3.19. The summed E-state index contributed by atoms with van der Waals surface area (Å²) in [4.78, 5) is 16.8. The first-order valence-electron chi connectivity index (χ1n) is 11.5. The fourth-order valence-corrected chi connectivity index (χ4v) is 5.61. The number of nitrogens with zero attached hydrogens (tertiary/aromatic N) is 1. The minimum absolute atomic E-state index is 0.117. The third kappa shape index (κ3) is 4.56. The molecule has 1 aromatic heterocycles. The van der Waals surface area contributed by atoms with Crippen molar-refractivity contribution >= 4 is 27.2 Å². The molecule has 0 radical (unpaired) electrons. The van der Waals surface area contributed by atoms with Gasteiger partial charge in [-0.1, -0.05) is 25.5 Å². The normalized spacial score (nSPS) is 14.3. The van der Waals surface area contributed by atoms with Crippen LogP contribution in [0.3, 0.4) is 0 Å². The summed E-state index contributed by atoms with van der Waals surface area (Å²) in [5, 5.41) is 10.7. The van der Waals surface area contributed by atoms with Gasteiger partial charge in [0.1, 0.15) is 23.9 Å². The molecule has 1 fully saturated rings. The summed E-state index contributed by atoms with van der Waals surface area (Å²) >= 11 is 1.41. The van der Waals surface area contributed by atoms with Crippen molar-refractivity contribution in [2.75, 3.05) is 26.2 Å². The highest BCUT2D eigenvalue weighted by Crippen LogP contribution is 2.41. The molecule has 1 N–H and O–H groups in total. The number of phenols is 1. The number of phenolic OH excluding ortho intramolecular Hbond substituents is 1. The number of likely N-dealkylation sites (tertiary alicyclic amines) is 1. The van der Waals surface area contributed by atoms with E-state index < -0.39 is 0 Å². The Kier molecular flexibility index (Phi) is 6.35. The topological polar surface area (TPSA) is 49.8 Å². The van der Waals surface area contributed by atoms with Gasteiger partial charge in [-0.05, 0) is 66.1 Å². The first-order valence-corrected chi connectivity index (χ1v) is 12.3. The van der Waals surface area contributed by atoms with Crippen LogP contribution in [0, 0.1) is 11.7 Å². The summed E-state index contributed by atoms with van der Waals surface area (Å²) in [6, 6.07) is 18.4. The Morgan fingerprint density at radius 2 is 1.82 bits per heavy atom. The van der Waals surface area contributed by atoms with Gasteiger partial charge in [-0.25, -0.2) is 4.39 Å². The minimum Gasteiger partial charge on any atom is -0.508 e. The third-order valence-corrected chi connectivity index (χ3v) is 7.61. The van der Waals surface area contributed by atoms with Crippen molar-refractivity contribution in [3.8, 4) is 21.9 Å². The summed E-state index contributed by atoms with van der Waals surface area (Å²) < 4.78 is 20.2. The molecule has 0 aliphatic carbocycles. The Hall–Kier alpha value is -3.22. The molecule has 0 atom stereocenters. The molecule has 2 heterocycles. The van der Waals surface area contributed by atoms with Crippen molar-refractivity contribution in [1.29, 1.82) is 0 Å². The standard InChI is InChI=1S/C28H26FNO3S/c1-2-18-16-30(17-18)13-14-33-23-10-5-19(6-11-23)27(32)26-24-12-9-22(31)15-25(24)34-28(26)20-3-7-21(29)8-4-20/h3-12,15,18,31H,2,13-14,16-17H2,1H3. The molecule has 4 aromatic rings. The highest BCUT2D eigenvalue weighted by atomic mass is 32.1. The smallest absolute Gasteiger partial charge is 0.195 e. The molecular formula is C28H26FNO3S. The number of rotatable bonds is 8. The predicted molar refractivity (Wildman–Crippen MR) is 134 cm³/mol. The Balaban J connectivity index is 1.37. The second-order valence-corrected chi connectivity index (χ2v) is 9.78. The lowest BCUT2D eigenvalue weighted by molar-refractivity contribution is 0.0806. The number of hydrogen-bond acceptors (Lipinski definition) is 5. The fourth-order valence-electron chi connectivity index (χ4n) is 4.37. The molecule has 6 heteroatoms. The number of fused-ring (bicyclic) bond motifs is 1. The minimum atomic E-state index is -0.328. The number of thiophene rings is 1. The van der Waals surface area contributed by atoms with Crippen LogP contribution in [0.4, 0.5) is 4.39 Å². The molecule has 1 saturated heterocycles. The average molecular weight is 476 g/mol. The highest BCUT2D eigenvalue weighted by Gasteiger charge is 2.24. The van der Waals surface area contributed by atoms with E-state index in [0.29, 0.717) is 17.7 Å². The van der Waals surface area contributed by atoms with Gasteiger partial charge in [0.05, 0.1) is 0 Å². The summed E-state index contributed by atoms with van der Waals surface area (Å²) in [5.41, 5.74) is 1.88. The second-order valence-electron chi connectivity index (χ2n) is 8.73. The molecule has 3 aromatic carbocycles. The molecule has 34 heavy (non-hydrogen) atoms. The molecule has 0 amide bonds. The number of benzene rings is 3. The van der Waals surface area contributed by atoms with Gasteiger partial charge in [0.25, 0.3) is 0 Å². The van der Waals surface area contributed by atoms with E-state index in [1.54, 1.807) is 42.5 Å². The molecule has 0 saturated carbocycles. The van der Waals surface area contributed by atoms with Crippen LogP contribution >= 0.6 is 11.3 Å². The summed E-state index contributed by atoms with van der Waals surface area (Å²) in [5.74, 6) is 1.26. The zero-order chi connectivity index (χ0) is 23.7. The van der Waals surface area contributed by atoms with E-state index in [9.17, 15) is 14.3 Å². The number of aromatic hydroxyl groups is 1. The van der Waals surface area contributed by atoms with Gasteiger partial charge in [-0.15, -0.1) is 11.3 Å². The van der Waals surface area contributed by atoms with Gasteiger partial charge in [0, 0.05) is 45.7 Å². The Morgan fingerprint density at radius 3 is 2.53 bits per heavy atom. The Labute approximate surface area is 202 Å². The molecule has 174 valence electrons. The van der Waals surface area contributed by atoms with Gasteiger partial charge in [0.15, 0.2) is 5.78 Å². The van der Waals surface area contributed by atoms with E-state index in [0.717, 1.165) is 51.8 Å². The summed E-state index contributed by atoms with van der Waals surface area (Å²) in [6.45, 7) is 6.06. The molecule has 0 bridgehead atoms. The van der Waals surface area contributed by atoms with Crippen LogP contribution in [-0.4, -0.2) is 42.0 Å². The number of hydrogen-bond donors (Lipinski definition) is 1. The largest absolute Gasteiger partial charge is 0.508 e. The van der Waals surface area contributed by atoms with Crippen molar-refractivity contribution < 1.29 is 19.0 Å². The maximum atomic E-state index is 13.6. The van der Waals surface area contributed by atoms with E-state index in [4.69, 9.17) is 4.74 Å². The van der Waals surface area contributed by atoms with Gasteiger partial charge >= 0.3 is 0 Å². The molecule has 1 aliphatic rings. The van der Waals surface area contributed by atoms with Crippen LogP contribution in [-0.2, 0) is 0 Å². The van der Waals surface area contributed by atoms with E-state index >= 15 is 0 Å². The van der Waals surface area contributed by atoms with E-state index in [-0.39, 0.29) is 17.3 Å². The summed E-state index contributed by atoms with van der Waals surface area (Å²) in [7, 11) is 0. The lowest BCUT2D eigenvalue weighted by Gasteiger charge is -2.38. The quantitative estimate of drug-likeness (QED) is 0.301. The molecule has 5 rings (SSSR count). The third-order valence-electron chi connectivity index (χ3n) is 6.41. The lowest BCUT2D eigenvalue weighted by atomic mass is 9.97. The maximum Gasteiger partial charge on any atom is 0.195 e. The van der Waals surface area contributed by atoms with Gasteiger partial charge in [-0.2, -0.15) is 0 Å². The van der Waals surface area contributed by atoms with Gasteiger partial charge in [0.2, 0.25) is 0 Å². The number of ether oxygens (including phenoxy) is 1. The first-order chi connectivity index (χ1) is 16.5. The molecular weight excluding hydrogens is 449 g/mol. The van der Waals surface area contributed by atoms with E-state index in [1.807, 2.05) is 12.1 Å². The molecule has 0 spiro atoms. The monoisotopic (exact) mass is 475 g/mol. The number of carbonyl (C=O) groups is 1. The van der Waals surface area contributed by atoms with Crippen LogP contribution in [0.2, 0.25) is 0 Å². The van der Waals surface area contributed by atoms with E-state index in [1.165, 1.54) is 29.9 Å². The van der Waals surface area contributed by atoms with Crippen LogP contribution in [0.1, 0.15) is 29.3 Å². The predicted octanol–water partition coefficient (Wildman–Crippen LogP) is 6.36. The van der Waals surface area contributed by atoms with Crippen molar-refractivity contribution in [1.82, 2.24) is 4.90 Å². The van der Waals surface area contributed by atoms with Crippen molar-refractivity contribution in [3.05, 3.63) is 83.7 Å². The zero-order valence-electron chi connectivity index (χ0n) is 19.0. The Bertz CT molecular complexity index is 1310. The lowest BCUT2D eigenvalue weighted by Crippen LogP contribution is -2.47. The Morgan fingerprint density at radius 1 is 1.09 bits per heavy atom. The van der Waals surface area contributed by atoms with E-state index in [2.05, 4.69) is 11.8 Å². The van der Waals surface area contributed by atoms with Crippen molar-refractivity contribution in [2.45, 2.75) is 13.3 Å². The number of carbonyl (C=O) groups excluding carboxylic acids is 1. The second kappa shape index (κ2) is 9.57. The molecule has 4 nitrogen and oxygen atoms in total.